The van der Waals surface area contributed by atoms with Gasteiger partial charge in [-0.15, -0.1) is 11.3 Å². The van der Waals surface area contributed by atoms with Gasteiger partial charge >= 0.3 is 0 Å². The maximum absolute atomic E-state index is 4.48. The molecule has 0 spiro atoms. The molecule has 2 heteroatoms. The van der Waals surface area contributed by atoms with Crippen LogP contribution in [0.5, 0.6) is 0 Å². The van der Waals surface area contributed by atoms with Gasteiger partial charge < -0.3 is 0 Å². The third-order valence-electron chi connectivity index (χ3n) is 2.90. The highest BCUT2D eigenvalue weighted by Crippen LogP contribution is 2.28. The number of rotatable bonds is 2. The first-order valence-corrected chi connectivity index (χ1v) is 6.62. The van der Waals surface area contributed by atoms with E-state index in [0.717, 1.165) is 11.4 Å². The van der Waals surface area contributed by atoms with Gasteiger partial charge in [-0.25, -0.2) is 4.98 Å². The van der Waals surface area contributed by atoms with Crippen LogP contribution in [-0.2, 0) is 6.42 Å². The molecule has 0 aliphatic carbocycles. The highest BCUT2D eigenvalue weighted by atomic mass is 32.1. The van der Waals surface area contributed by atoms with Crippen molar-refractivity contribution in [2.75, 3.05) is 0 Å². The first-order chi connectivity index (χ1) is 8.36. The molecule has 0 saturated heterocycles. The van der Waals surface area contributed by atoms with Crippen LogP contribution in [0, 0.1) is 0 Å². The molecule has 0 amide bonds. The molecule has 0 bridgehead atoms. The van der Waals surface area contributed by atoms with Gasteiger partial charge in [0.15, 0.2) is 0 Å². The monoisotopic (exact) mass is 239 g/mol. The van der Waals surface area contributed by atoms with Crippen LogP contribution in [0.15, 0.2) is 48.7 Å². The summed E-state index contributed by atoms with van der Waals surface area (Å²) in [5.74, 6) is 0. The van der Waals surface area contributed by atoms with Gasteiger partial charge in [0, 0.05) is 16.6 Å². The topological polar surface area (TPSA) is 12.9 Å². The summed E-state index contributed by atoms with van der Waals surface area (Å²) in [6, 6.07) is 15.0. The number of aromatic nitrogens is 1. The molecule has 0 aliphatic rings. The highest BCUT2D eigenvalue weighted by molar-refractivity contribution is 7.15. The van der Waals surface area contributed by atoms with Gasteiger partial charge in [0.1, 0.15) is 5.01 Å². The molecule has 2 aromatic carbocycles. The average Bonchev–Trinajstić information content (AvgIpc) is 2.87. The lowest BCUT2D eigenvalue weighted by molar-refractivity contribution is 1.17. The number of fused-ring (bicyclic) bond motifs is 1. The Hall–Kier alpha value is -1.67. The van der Waals surface area contributed by atoms with E-state index in [0.29, 0.717) is 0 Å². The Morgan fingerprint density at radius 2 is 1.88 bits per heavy atom. The van der Waals surface area contributed by atoms with Crippen molar-refractivity contribution in [3.05, 3.63) is 53.5 Å². The fraction of sp³-hybridized carbons (Fsp3) is 0.133. The minimum Gasteiger partial charge on any atom is -0.244 e. The molecule has 3 rings (SSSR count). The molecule has 1 nitrogen and oxygen atoms in total. The van der Waals surface area contributed by atoms with Gasteiger partial charge in [-0.3, -0.25) is 0 Å². The molecule has 0 fully saturated rings. The smallest absolute Gasteiger partial charge is 0.123 e. The van der Waals surface area contributed by atoms with Crippen molar-refractivity contribution in [1.29, 1.82) is 0 Å². The Bertz CT molecular complexity index is 655. The molecule has 0 aliphatic heterocycles. The Morgan fingerprint density at radius 3 is 2.65 bits per heavy atom. The van der Waals surface area contributed by atoms with Crippen LogP contribution in [0.1, 0.15) is 11.8 Å². The van der Waals surface area contributed by atoms with Gasteiger partial charge in [0.2, 0.25) is 0 Å². The maximum atomic E-state index is 4.48. The number of hydrogen-bond donors (Lipinski definition) is 0. The van der Waals surface area contributed by atoms with E-state index in [-0.39, 0.29) is 0 Å². The predicted octanol–water partition coefficient (Wildman–Crippen LogP) is 4.53. The molecule has 84 valence electrons. The minimum absolute atomic E-state index is 1.06. The lowest BCUT2D eigenvalue weighted by atomic mass is 10.1. The van der Waals surface area contributed by atoms with E-state index in [1.54, 1.807) is 11.3 Å². The van der Waals surface area contributed by atoms with E-state index in [4.69, 9.17) is 0 Å². The van der Waals surface area contributed by atoms with E-state index < -0.39 is 0 Å². The van der Waals surface area contributed by atoms with E-state index in [1.165, 1.54) is 21.2 Å². The average molecular weight is 239 g/mol. The van der Waals surface area contributed by atoms with Crippen LogP contribution in [0.3, 0.4) is 0 Å². The largest absolute Gasteiger partial charge is 0.244 e. The Balaban J connectivity index is 2.11. The number of thiazole rings is 1. The second-order valence-electron chi connectivity index (χ2n) is 4.05. The van der Waals surface area contributed by atoms with Crippen LogP contribution in [-0.4, -0.2) is 4.98 Å². The summed E-state index contributed by atoms with van der Waals surface area (Å²) in [4.78, 5) is 5.82. The lowest BCUT2D eigenvalue weighted by Gasteiger charge is -2.00. The fourth-order valence-electron chi connectivity index (χ4n) is 1.93. The van der Waals surface area contributed by atoms with Crippen molar-refractivity contribution < 1.29 is 0 Å². The zero-order valence-corrected chi connectivity index (χ0v) is 10.5. The minimum atomic E-state index is 1.06. The first-order valence-electron chi connectivity index (χ1n) is 5.80. The van der Waals surface area contributed by atoms with Crippen molar-refractivity contribution in [3.8, 4) is 10.6 Å². The summed E-state index contributed by atoms with van der Waals surface area (Å²) in [7, 11) is 0. The second kappa shape index (κ2) is 4.30. The number of aryl methyl sites for hydroxylation is 1. The van der Waals surface area contributed by atoms with E-state index in [9.17, 15) is 0 Å². The lowest BCUT2D eigenvalue weighted by Crippen LogP contribution is -1.76. The van der Waals surface area contributed by atoms with Crippen LogP contribution in [0.2, 0.25) is 0 Å². The third-order valence-corrected chi connectivity index (χ3v) is 4.09. The van der Waals surface area contributed by atoms with Gasteiger partial charge in [0.05, 0.1) is 0 Å². The molecule has 3 aromatic rings. The number of hydrogen-bond acceptors (Lipinski definition) is 2. The SMILES string of the molecule is CCc1cnc(-c2ccc3ccccc3c2)s1. The van der Waals surface area contributed by atoms with Crippen molar-refractivity contribution in [3.63, 3.8) is 0 Å². The first kappa shape index (κ1) is 10.5. The molecule has 0 N–H and O–H groups in total. The summed E-state index contributed by atoms with van der Waals surface area (Å²) < 4.78 is 0. The Labute approximate surface area is 105 Å². The molecule has 1 aromatic heterocycles. The van der Waals surface area contributed by atoms with E-state index in [1.807, 2.05) is 6.20 Å². The zero-order valence-electron chi connectivity index (χ0n) is 9.68. The molecule has 0 unspecified atom stereocenters. The van der Waals surface area contributed by atoms with Crippen LogP contribution in [0.4, 0.5) is 0 Å². The van der Waals surface area contributed by atoms with Crippen molar-refractivity contribution >= 4 is 22.1 Å². The molecule has 17 heavy (non-hydrogen) atoms. The Kier molecular flexibility index (Phi) is 2.65. The molecular weight excluding hydrogens is 226 g/mol. The standard InChI is InChI=1S/C15H13NS/c1-2-14-10-16-15(17-14)13-8-7-11-5-3-4-6-12(11)9-13/h3-10H,2H2,1H3. The molecule has 0 saturated carbocycles. The van der Waals surface area contributed by atoms with Crippen LogP contribution < -0.4 is 0 Å². The molecular formula is C15H13NS. The van der Waals surface area contributed by atoms with Crippen molar-refractivity contribution in [1.82, 2.24) is 4.98 Å². The van der Waals surface area contributed by atoms with Gasteiger partial charge in [0.25, 0.3) is 0 Å². The second-order valence-corrected chi connectivity index (χ2v) is 5.16. The molecule has 0 atom stereocenters. The summed E-state index contributed by atoms with van der Waals surface area (Å²) in [5.41, 5.74) is 1.22. The van der Waals surface area contributed by atoms with Crippen molar-refractivity contribution in [2.24, 2.45) is 0 Å². The molecule has 0 radical (unpaired) electrons. The third kappa shape index (κ3) is 1.96. The van der Waals surface area contributed by atoms with Crippen LogP contribution >= 0.6 is 11.3 Å². The quantitative estimate of drug-likeness (QED) is 0.640. The normalized spacial score (nSPS) is 10.9. The van der Waals surface area contributed by atoms with Gasteiger partial charge in [-0.1, -0.05) is 43.3 Å². The fourth-order valence-corrected chi connectivity index (χ4v) is 2.78. The van der Waals surface area contributed by atoms with E-state index >= 15 is 0 Å². The van der Waals surface area contributed by atoms with Crippen LogP contribution in [0.25, 0.3) is 21.3 Å². The van der Waals surface area contributed by atoms with Gasteiger partial charge in [-0.2, -0.15) is 0 Å². The van der Waals surface area contributed by atoms with Crippen molar-refractivity contribution in [2.45, 2.75) is 13.3 Å². The number of benzene rings is 2. The van der Waals surface area contributed by atoms with Gasteiger partial charge in [-0.05, 0) is 23.3 Å². The maximum Gasteiger partial charge on any atom is 0.123 e. The number of nitrogens with zero attached hydrogens (tertiary/aromatic N) is 1. The summed E-state index contributed by atoms with van der Waals surface area (Å²) >= 11 is 1.78. The highest BCUT2D eigenvalue weighted by Gasteiger charge is 2.04. The van der Waals surface area contributed by atoms with E-state index in [2.05, 4.69) is 54.4 Å². The Morgan fingerprint density at radius 1 is 1.06 bits per heavy atom. The summed E-state index contributed by atoms with van der Waals surface area (Å²) in [6.07, 6.45) is 3.04. The summed E-state index contributed by atoms with van der Waals surface area (Å²) in [6.45, 7) is 2.16. The zero-order chi connectivity index (χ0) is 11.7. The predicted molar refractivity (Wildman–Crippen MR) is 74.4 cm³/mol. The molecule has 1 heterocycles. The summed E-state index contributed by atoms with van der Waals surface area (Å²) in [5, 5.41) is 3.68.